The van der Waals surface area contributed by atoms with Gasteiger partial charge in [-0.05, 0) is 6.42 Å². The van der Waals surface area contributed by atoms with E-state index in [9.17, 15) is 4.79 Å². The molecule has 24 heavy (non-hydrogen) atoms. The summed E-state index contributed by atoms with van der Waals surface area (Å²) in [4.78, 5) is 18.6. The van der Waals surface area contributed by atoms with E-state index in [1.165, 1.54) is 22.5 Å². The molecule has 0 radical (unpaired) electrons. The van der Waals surface area contributed by atoms with Crippen LogP contribution in [0.5, 0.6) is 0 Å². The zero-order valence-electron chi connectivity index (χ0n) is 13.5. The molecule has 0 aliphatic carbocycles. The number of benzene rings is 1. The Hall–Kier alpha value is -2.47. The van der Waals surface area contributed by atoms with Crippen molar-refractivity contribution in [1.82, 2.24) is 19.7 Å². The molecule has 1 amide bonds. The molecule has 6 heteroatoms. The normalized spacial score (nSPS) is 14.3. The molecule has 0 saturated carbocycles. The molecule has 0 bridgehead atoms. The Morgan fingerprint density at radius 3 is 2.71 bits per heavy atom. The van der Waals surface area contributed by atoms with E-state index in [0.717, 1.165) is 24.2 Å². The fourth-order valence-corrected chi connectivity index (χ4v) is 3.85. The summed E-state index contributed by atoms with van der Waals surface area (Å²) in [6.07, 6.45) is 1.61. The van der Waals surface area contributed by atoms with Gasteiger partial charge in [0.15, 0.2) is 0 Å². The third kappa shape index (κ3) is 2.63. The van der Waals surface area contributed by atoms with Crippen LogP contribution in [-0.4, -0.2) is 38.7 Å². The maximum absolute atomic E-state index is 12.6. The second kappa shape index (κ2) is 6.20. The number of carbonyl (C=O) groups excluding carboxylic acids is 1. The summed E-state index contributed by atoms with van der Waals surface area (Å²) in [5.41, 5.74) is 6.95. The number of nitrogens with zero attached hydrogens (tertiary/aromatic N) is 4. The van der Waals surface area contributed by atoms with Crippen LogP contribution in [0.3, 0.4) is 0 Å². The summed E-state index contributed by atoms with van der Waals surface area (Å²) in [5, 5.41) is 6.52. The second-order valence-electron chi connectivity index (χ2n) is 5.93. The zero-order valence-corrected chi connectivity index (χ0v) is 14.3. The number of aryl methyl sites for hydroxylation is 1. The molecule has 1 aromatic carbocycles. The van der Waals surface area contributed by atoms with E-state index in [-0.39, 0.29) is 5.91 Å². The molecule has 122 valence electrons. The standard InChI is InChI=1S/C18H18N4OS/c1-21-17(13-5-3-2-4-6-13)14-7-9-22(10-8-15(14)20-21)18(23)16-11-24-12-19-16/h2-6,11-12H,7-10H2,1H3. The number of hydrogen-bond donors (Lipinski definition) is 0. The van der Waals surface area contributed by atoms with Gasteiger partial charge in [-0.25, -0.2) is 4.98 Å². The van der Waals surface area contributed by atoms with Crippen LogP contribution in [0.25, 0.3) is 11.3 Å². The third-order valence-corrected chi connectivity index (χ3v) is 5.05. The Kier molecular flexibility index (Phi) is 3.90. The molecule has 0 fully saturated rings. The molecule has 0 saturated heterocycles. The first-order valence-electron chi connectivity index (χ1n) is 8.01. The smallest absolute Gasteiger partial charge is 0.273 e. The van der Waals surface area contributed by atoms with E-state index in [1.54, 1.807) is 5.51 Å². The Labute approximate surface area is 144 Å². The minimum absolute atomic E-state index is 0.0204. The van der Waals surface area contributed by atoms with Gasteiger partial charge >= 0.3 is 0 Å². The molecule has 0 unspecified atom stereocenters. The van der Waals surface area contributed by atoms with Gasteiger partial charge in [0.25, 0.3) is 5.91 Å². The Morgan fingerprint density at radius 1 is 1.17 bits per heavy atom. The van der Waals surface area contributed by atoms with Crippen molar-refractivity contribution in [2.75, 3.05) is 13.1 Å². The Balaban J connectivity index is 1.62. The average molecular weight is 338 g/mol. The van der Waals surface area contributed by atoms with Gasteiger partial charge < -0.3 is 4.90 Å². The van der Waals surface area contributed by atoms with E-state index >= 15 is 0 Å². The van der Waals surface area contributed by atoms with Crippen molar-refractivity contribution in [3.8, 4) is 11.3 Å². The van der Waals surface area contributed by atoms with Gasteiger partial charge in [0.05, 0.1) is 16.9 Å². The van der Waals surface area contributed by atoms with Crippen LogP contribution in [0.15, 0.2) is 41.2 Å². The third-order valence-electron chi connectivity index (χ3n) is 4.46. The van der Waals surface area contributed by atoms with Crippen LogP contribution < -0.4 is 0 Å². The number of aromatic nitrogens is 3. The highest BCUT2D eigenvalue weighted by molar-refractivity contribution is 7.07. The van der Waals surface area contributed by atoms with Crippen molar-refractivity contribution >= 4 is 17.2 Å². The van der Waals surface area contributed by atoms with Gasteiger partial charge in [-0.15, -0.1) is 11.3 Å². The number of thiazole rings is 1. The van der Waals surface area contributed by atoms with Gasteiger partial charge in [-0.1, -0.05) is 30.3 Å². The monoisotopic (exact) mass is 338 g/mol. The molecule has 1 aliphatic rings. The molecule has 4 rings (SSSR count). The van der Waals surface area contributed by atoms with Gasteiger partial charge in [0.1, 0.15) is 5.69 Å². The minimum Gasteiger partial charge on any atom is -0.337 e. The fourth-order valence-electron chi connectivity index (χ4n) is 3.33. The van der Waals surface area contributed by atoms with E-state index in [0.29, 0.717) is 18.8 Å². The van der Waals surface area contributed by atoms with Crippen LogP contribution in [0.2, 0.25) is 0 Å². The highest BCUT2D eigenvalue weighted by atomic mass is 32.1. The van der Waals surface area contributed by atoms with Crippen molar-refractivity contribution in [3.63, 3.8) is 0 Å². The maximum Gasteiger partial charge on any atom is 0.273 e. The van der Waals surface area contributed by atoms with Crippen molar-refractivity contribution in [1.29, 1.82) is 0 Å². The molecule has 3 aromatic rings. The first-order chi connectivity index (χ1) is 11.7. The van der Waals surface area contributed by atoms with E-state index < -0.39 is 0 Å². The van der Waals surface area contributed by atoms with Crippen LogP contribution in [0.4, 0.5) is 0 Å². The molecular weight excluding hydrogens is 320 g/mol. The number of hydrogen-bond acceptors (Lipinski definition) is 4. The minimum atomic E-state index is 0.0204. The van der Waals surface area contributed by atoms with Gasteiger partial charge in [0.2, 0.25) is 0 Å². The van der Waals surface area contributed by atoms with Gasteiger partial charge in [-0.2, -0.15) is 5.10 Å². The zero-order chi connectivity index (χ0) is 16.5. The Morgan fingerprint density at radius 2 is 1.96 bits per heavy atom. The molecule has 5 nitrogen and oxygen atoms in total. The van der Waals surface area contributed by atoms with Crippen molar-refractivity contribution < 1.29 is 4.79 Å². The summed E-state index contributed by atoms with van der Waals surface area (Å²) < 4.78 is 1.97. The predicted molar refractivity (Wildman–Crippen MR) is 94.1 cm³/mol. The SMILES string of the molecule is Cn1nc2c(c1-c1ccccc1)CCN(C(=O)c1cscn1)CC2. The molecule has 1 aliphatic heterocycles. The summed E-state index contributed by atoms with van der Waals surface area (Å²) in [7, 11) is 2.00. The number of amides is 1. The largest absolute Gasteiger partial charge is 0.337 e. The molecule has 0 N–H and O–H groups in total. The number of carbonyl (C=O) groups is 1. The van der Waals surface area contributed by atoms with Crippen LogP contribution in [-0.2, 0) is 19.9 Å². The predicted octanol–water partition coefficient (Wildman–Crippen LogP) is 2.78. The Bertz CT molecular complexity index is 855. The van der Waals surface area contributed by atoms with E-state index in [1.807, 2.05) is 40.2 Å². The highest BCUT2D eigenvalue weighted by Crippen LogP contribution is 2.28. The van der Waals surface area contributed by atoms with Gasteiger partial charge in [0, 0.05) is 43.1 Å². The summed E-state index contributed by atoms with van der Waals surface area (Å²) in [6, 6.07) is 10.3. The quantitative estimate of drug-likeness (QED) is 0.722. The fraction of sp³-hybridized carbons (Fsp3) is 0.278. The first-order valence-corrected chi connectivity index (χ1v) is 8.96. The van der Waals surface area contributed by atoms with Crippen molar-refractivity contribution in [2.45, 2.75) is 12.8 Å². The topological polar surface area (TPSA) is 51.0 Å². The highest BCUT2D eigenvalue weighted by Gasteiger charge is 2.25. The second-order valence-corrected chi connectivity index (χ2v) is 6.65. The first kappa shape index (κ1) is 15.1. The van der Waals surface area contributed by atoms with E-state index in [4.69, 9.17) is 5.10 Å². The average Bonchev–Trinajstić information content (AvgIpc) is 3.19. The lowest BCUT2D eigenvalue weighted by Crippen LogP contribution is -2.33. The molecule has 2 aromatic heterocycles. The summed E-state index contributed by atoms with van der Waals surface area (Å²) >= 11 is 1.45. The summed E-state index contributed by atoms with van der Waals surface area (Å²) in [6.45, 7) is 1.39. The number of fused-ring (bicyclic) bond motifs is 1. The number of rotatable bonds is 2. The lowest BCUT2D eigenvalue weighted by atomic mass is 10.0. The summed E-state index contributed by atoms with van der Waals surface area (Å²) in [5.74, 6) is 0.0204. The molecular formula is C18H18N4OS. The van der Waals surface area contributed by atoms with Crippen molar-refractivity contribution in [3.05, 3.63) is 58.2 Å². The lowest BCUT2D eigenvalue weighted by Gasteiger charge is -2.19. The molecule has 0 spiro atoms. The maximum atomic E-state index is 12.6. The van der Waals surface area contributed by atoms with E-state index in [2.05, 4.69) is 17.1 Å². The van der Waals surface area contributed by atoms with Gasteiger partial charge in [-0.3, -0.25) is 9.48 Å². The van der Waals surface area contributed by atoms with Crippen LogP contribution in [0, 0.1) is 0 Å². The van der Waals surface area contributed by atoms with Crippen molar-refractivity contribution in [2.24, 2.45) is 7.05 Å². The molecule has 0 atom stereocenters. The van der Waals surface area contributed by atoms with Crippen LogP contribution >= 0.6 is 11.3 Å². The lowest BCUT2D eigenvalue weighted by molar-refractivity contribution is 0.0757. The molecule has 3 heterocycles. The van der Waals surface area contributed by atoms with Crippen LogP contribution in [0.1, 0.15) is 21.7 Å².